The van der Waals surface area contributed by atoms with Crippen LogP contribution in [0.4, 0.5) is 5.69 Å². The number of hydrogen-bond acceptors (Lipinski definition) is 4. The van der Waals surface area contributed by atoms with Crippen molar-refractivity contribution in [3.8, 4) is 0 Å². The molecule has 0 heterocycles. The maximum Gasteiger partial charge on any atom is 0.245 e. The molecule has 1 aromatic rings. The fraction of sp³-hybridized carbons (Fsp3) is 0.455. The zero-order chi connectivity index (χ0) is 14.8. The number of sulfonamides is 1. The van der Waals surface area contributed by atoms with Crippen molar-refractivity contribution >= 4 is 38.9 Å². The summed E-state index contributed by atoms with van der Waals surface area (Å²) < 4.78 is 26.0. The van der Waals surface area contributed by atoms with Gasteiger partial charge in [0.2, 0.25) is 10.0 Å². The highest BCUT2D eigenvalue weighted by atomic mass is 35.5. The first-order chi connectivity index (χ1) is 8.66. The molecule has 0 saturated carbocycles. The van der Waals surface area contributed by atoms with Gasteiger partial charge in [-0.15, -0.1) is 0 Å². The van der Waals surface area contributed by atoms with E-state index in [1.54, 1.807) is 0 Å². The fourth-order valence-electron chi connectivity index (χ4n) is 1.44. The van der Waals surface area contributed by atoms with Crippen LogP contribution in [0.5, 0.6) is 0 Å². The minimum Gasteiger partial charge on any atom is -0.399 e. The van der Waals surface area contributed by atoms with E-state index in [1.807, 2.05) is 19.0 Å². The van der Waals surface area contributed by atoms with E-state index in [-0.39, 0.29) is 14.9 Å². The second-order valence-electron chi connectivity index (χ2n) is 4.44. The zero-order valence-electron chi connectivity index (χ0n) is 11.0. The summed E-state index contributed by atoms with van der Waals surface area (Å²) in [6, 6.07) is 2.75. The molecule has 0 atom stereocenters. The molecule has 0 radical (unpaired) electrons. The molecule has 0 spiro atoms. The maximum atomic E-state index is 12.4. The lowest BCUT2D eigenvalue weighted by Crippen LogP contribution is -2.33. The number of rotatable bonds is 5. The first kappa shape index (κ1) is 16.5. The highest BCUT2D eigenvalue weighted by Crippen LogP contribution is 2.33. The first-order valence-corrected chi connectivity index (χ1v) is 7.71. The van der Waals surface area contributed by atoms with E-state index in [4.69, 9.17) is 28.9 Å². The number of anilines is 1. The van der Waals surface area contributed by atoms with Crippen LogP contribution in [0.25, 0.3) is 0 Å². The lowest BCUT2D eigenvalue weighted by atomic mass is 10.3. The van der Waals surface area contributed by atoms with E-state index < -0.39 is 10.0 Å². The van der Waals surface area contributed by atoms with Crippen LogP contribution in [-0.2, 0) is 10.0 Å². The van der Waals surface area contributed by atoms with Crippen LogP contribution in [-0.4, -0.2) is 51.9 Å². The summed E-state index contributed by atoms with van der Waals surface area (Å²) >= 11 is 11.9. The Hall–Kier alpha value is -0.530. The highest BCUT2D eigenvalue weighted by molar-refractivity contribution is 7.89. The summed E-state index contributed by atoms with van der Waals surface area (Å²) in [5.41, 5.74) is 5.89. The fourth-order valence-corrected chi connectivity index (χ4v) is 3.78. The molecule has 0 unspecified atom stereocenters. The van der Waals surface area contributed by atoms with Gasteiger partial charge in [0.25, 0.3) is 0 Å². The SMILES string of the molecule is CN(C)CCN(C)S(=O)(=O)c1c(Cl)cc(N)cc1Cl. The van der Waals surface area contributed by atoms with E-state index >= 15 is 0 Å². The molecule has 0 aliphatic carbocycles. The van der Waals surface area contributed by atoms with E-state index in [0.717, 1.165) is 0 Å². The van der Waals surface area contributed by atoms with Gasteiger partial charge in [-0.25, -0.2) is 8.42 Å². The number of likely N-dealkylation sites (N-methyl/N-ethyl adjacent to an activating group) is 2. The minimum atomic E-state index is -3.73. The Morgan fingerprint density at radius 2 is 1.58 bits per heavy atom. The molecule has 0 aliphatic rings. The Labute approximate surface area is 123 Å². The smallest absolute Gasteiger partial charge is 0.245 e. The molecule has 1 aromatic carbocycles. The Morgan fingerprint density at radius 3 is 2.00 bits per heavy atom. The average molecular weight is 326 g/mol. The van der Waals surface area contributed by atoms with Crippen molar-refractivity contribution in [2.75, 3.05) is 40.0 Å². The Bertz CT molecular complexity index is 538. The standard InChI is InChI=1S/C11H17Cl2N3O2S/c1-15(2)4-5-16(3)19(17,18)11-9(12)6-8(14)7-10(11)13/h6-7H,4-5,14H2,1-3H3. The predicted molar refractivity (Wildman–Crippen MR) is 79.2 cm³/mol. The summed E-state index contributed by atoms with van der Waals surface area (Å²) in [6.45, 7) is 0.937. The van der Waals surface area contributed by atoms with Crippen molar-refractivity contribution in [1.29, 1.82) is 0 Å². The van der Waals surface area contributed by atoms with Gasteiger partial charge in [-0.2, -0.15) is 4.31 Å². The van der Waals surface area contributed by atoms with Gasteiger partial charge in [-0.1, -0.05) is 23.2 Å². The van der Waals surface area contributed by atoms with Gasteiger partial charge >= 0.3 is 0 Å². The van der Waals surface area contributed by atoms with Gasteiger partial charge in [0.15, 0.2) is 0 Å². The van der Waals surface area contributed by atoms with E-state index in [0.29, 0.717) is 18.8 Å². The third kappa shape index (κ3) is 3.97. The summed E-state index contributed by atoms with van der Waals surface area (Å²) in [4.78, 5) is 1.78. The highest BCUT2D eigenvalue weighted by Gasteiger charge is 2.26. The van der Waals surface area contributed by atoms with Crippen LogP contribution in [0.2, 0.25) is 10.0 Å². The molecule has 19 heavy (non-hydrogen) atoms. The molecule has 2 N–H and O–H groups in total. The van der Waals surface area contributed by atoms with Crippen LogP contribution < -0.4 is 5.73 Å². The van der Waals surface area contributed by atoms with Crippen molar-refractivity contribution in [3.05, 3.63) is 22.2 Å². The Morgan fingerprint density at radius 1 is 1.11 bits per heavy atom. The summed E-state index contributed by atoms with van der Waals surface area (Å²) in [5, 5.41) is 0.0587. The van der Waals surface area contributed by atoms with E-state index in [1.165, 1.54) is 23.5 Å². The Kier molecular flexibility index (Phi) is 5.46. The minimum absolute atomic E-state index is 0.0294. The average Bonchev–Trinajstić information content (AvgIpc) is 2.23. The van der Waals surface area contributed by atoms with Gasteiger partial charge in [0.05, 0.1) is 10.0 Å². The predicted octanol–water partition coefficient (Wildman–Crippen LogP) is 1.76. The number of nitrogen functional groups attached to an aromatic ring is 1. The molecule has 0 bridgehead atoms. The third-order valence-corrected chi connectivity index (χ3v) is 5.33. The molecule has 1 rings (SSSR count). The number of benzene rings is 1. The van der Waals surface area contributed by atoms with Gasteiger partial charge in [-0.3, -0.25) is 0 Å². The lowest BCUT2D eigenvalue weighted by Gasteiger charge is -2.20. The normalized spacial score (nSPS) is 12.4. The van der Waals surface area contributed by atoms with Gasteiger partial charge in [0.1, 0.15) is 4.90 Å². The van der Waals surface area contributed by atoms with Crippen LogP contribution in [0.15, 0.2) is 17.0 Å². The molecular formula is C11H17Cl2N3O2S. The van der Waals surface area contributed by atoms with Crippen molar-refractivity contribution in [3.63, 3.8) is 0 Å². The van der Waals surface area contributed by atoms with Crippen LogP contribution in [0, 0.1) is 0 Å². The first-order valence-electron chi connectivity index (χ1n) is 5.52. The van der Waals surface area contributed by atoms with Crippen LogP contribution in [0.1, 0.15) is 0 Å². The van der Waals surface area contributed by atoms with Crippen LogP contribution in [0.3, 0.4) is 0 Å². The monoisotopic (exact) mass is 325 g/mol. The van der Waals surface area contributed by atoms with Crippen molar-refractivity contribution in [2.45, 2.75) is 4.90 Å². The molecule has 5 nitrogen and oxygen atoms in total. The number of hydrogen-bond donors (Lipinski definition) is 1. The van der Waals surface area contributed by atoms with Gasteiger partial charge < -0.3 is 10.6 Å². The van der Waals surface area contributed by atoms with E-state index in [2.05, 4.69) is 0 Å². The molecule has 0 saturated heterocycles. The van der Waals surface area contributed by atoms with Crippen molar-refractivity contribution < 1.29 is 8.42 Å². The topological polar surface area (TPSA) is 66.6 Å². The molecule has 0 amide bonds. The largest absolute Gasteiger partial charge is 0.399 e. The van der Waals surface area contributed by atoms with Crippen molar-refractivity contribution in [1.82, 2.24) is 9.21 Å². The van der Waals surface area contributed by atoms with Gasteiger partial charge in [0, 0.05) is 25.8 Å². The lowest BCUT2D eigenvalue weighted by molar-refractivity contribution is 0.358. The molecule has 0 aromatic heterocycles. The molecule has 0 fully saturated rings. The molecule has 8 heteroatoms. The quantitative estimate of drug-likeness (QED) is 0.837. The molecular weight excluding hydrogens is 309 g/mol. The molecule has 0 aliphatic heterocycles. The summed E-state index contributed by atoms with van der Waals surface area (Å²) in [6.07, 6.45) is 0. The van der Waals surface area contributed by atoms with Gasteiger partial charge in [-0.05, 0) is 26.2 Å². The third-order valence-electron chi connectivity index (χ3n) is 2.55. The number of nitrogens with zero attached hydrogens (tertiary/aromatic N) is 2. The molecule has 108 valence electrons. The number of halogens is 2. The summed E-state index contributed by atoms with van der Waals surface area (Å²) in [7, 11) is 1.49. The zero-order valence-corrected chi connectivity index (χ0v) is 13.3. The summed E-state index contributed by atoms with van der Waals surface area (Å²) in [5.74, 6) is 0. The number of nitrogens with two attached hydrogens (primary N) is 1. The Balaban J connectivity index is 3.14. The van der Waals surface area contributed by atoms with E-state index in [9.17, 15) is 8.42 Å². The maximum absolute atomic E-state index is 12.4. The second kappa shape index (κ2) is 6.28. The van der Waals surface area contributed by atoms with Crippen molar-refractivity contribution in [2.24, 2.45) is 0 Å². The van der Waals surface area contributed by atoms with Crippen LogP contribution >= 0.6 is 23.2 Å². The second-order valence-corrected chi connectivity index (χ2v) is 7.24.